The second kappa shape index (κ2) is 6.42. The summed E-state index contributed by atoms with van der Waals surface area (Å²) in [5.41, 5.74) is 1.74. The number of hydrogen-bond donors (Lipinski definition) is 1. The number of carbonyl (C=O) groups excluding carboxylic acids is 1. The maximum atomic E-state index is 12.1. The van der Waals surface area contributed by atoms with Crippen LogP contribution < -0.4 is 5.32 Å². The number of halogens is 2. The molecule has 0 radical (unpaired) electrons. The Balaban J connectivity index is 1.65. The Labute approximate surface area is 138 Å². The van der Waals surface area contributed by atoms with Crippen LogP contribution in [0.2, 0.25) is 10.0 Å². The molecule has 0 atom stereocenters. The normalized spacial score (nSPS) is 10.8. The number of anilines is 1. The highest BCUT2D eigenvalue weighted by Gasteiger charge is 2.06. The van der Waals surface area contributed by atoms with Crippen molar-refractivity contribution in [2.45, 2.75) is 13.0 Å². The lowest BCUT2D eigenvalue weighted by Crippen LogP contribution is -2.14. The Morgan fingerprint density at radius 1 is 1.05 bits per heavy atom. The number of benzene rings is 2. The zero-order valence-corrected chi connectivity index (χ0v) is 13.2. The van der Waals surface area contributed by atoms with Crippen molar-refractivity contribution in [2.75, 3.05) is 5.32 Å². The second-order valence-electron chi connectivity index (χ2n) is 5.02. The van der Waals surface area contributed by atoms with Crippen molar-refractivity contribution in [2.24, 2.45) is 0 Å². The first-order chi connectivity index (χ1) is 10.6. The molecule has 0 spiro atoms. The van der Waals surface area contributed by atoms with Crippen LogP contribution in [0.25, 0.3) is 10.9 Å². The molecule has 2 aromatic carbocycles. The van der Waals surface area contributed by atoms with Crippen molar-refractivity contribution in [1.82, 2.24) is 4.57 Å². The van der Waals surface area contributed by atoms with Gasteiger partial charge in [0, 0.05) is 40.4 Å². The van der Waals surface area contributed by atoms with E-state index in [2.05, 4.69) is 16.0 Å². The van der Waals surface area contributed by atoms with Crippen LogP contribution in [0, 0.1) is 0 Å². The first-order valence-electron chi connectivity index (χ1n) is 6.92. The van der Waals surface area contributed by atoms with Crippen LogP contribution in [-0.4, -0.2) is 10.5 Å². The van der Waals surface area contributed by atoms with E-state index in [1.807, 2.05) is 30.5 Å². The van der Waals surface area contributed by atoms with Crippen LogP contribution in [0.3, 0.4) is 0 Å². The third kappa shape index (κ3) is 3.43. The van der Waals surface area contributed by atoms with Crippen molar-refractivity contribution < 1.29 is 4.79 Å². The highest BCUT2D eigenvalue weighted by atomic mass is 35.5. The molecule has 3 aromatic rings. The lowest BCUT2D eigenvalue weighted by Gasteiger charge is -2.08. The molecular formula is C17H14Cl2N2O. The fraction of sp³-hybridized carbons (Fsp3) is 0.118. The molecule has 5 heteroatoms. The van der Waals surface area contributed by atoms with Crippen LogP contribution >= 0.6 is 23.2 Å². The summed E-state index contributed by atoms with van der Waals surface area (Å²) in [6.07, 6.45) is 2.37. The molecule has 0 aliphatic carbocycles. The molecule has 1 aromatic heterocycles. The average molecular weight is 333 g/mol. The minimum absolute atomic E-state index is 0.0730. The number of rotatable bonds is 4. The van der Waals surface area contributed by atoms with Gasteiger partial charge in [-0.25, -0.2) is 0 Å². The minimum atomic E-state index is -0.0730. The molecular weight excluding hydrogens is 319 g/mol. The van der Waals surface area contributed by atoms with E-state index < -0.39 is 0 Å². The zero-order chi connectivity index (χ0) is 15.5. The van der Waals surface area contributed by atoms with Gasteiger partial charge < -0.3 is 9.88 Å². The Morgan fingerprint density at radius 2 is 1.77 bits per heavy atom. The predicted octanol–water partition coefficient (Wildman–Crippen LogP) is 4.98. The van der Waals surface area contributed by atoms with Crippen molar-refractivity contribution in [3.63, 3.8) is 0 Å². The van der Waals surface area contributed by atoms with Crippen LogP contribution in [0.4, 0.5) is 5.69 Å². The molecule has 1 N–H and O–H groups in total. The number of nitrogens with zero attached hydrogens (tertiary/aromatic N) is 1. The van der Waals surface area contributed by atoms with E-state index in [0.29, 0.717) is 28.7 Å². The standard InChI is InChI=1S/C17H14Cl2N2O/c18-13-9-14(19)11-15(10-13)20-17(22)6-8-21-7-5-12-3-1-2-4-16(12)21/h1-5,7,9-11H,6,8H2,(H,20,22). The number of hydrogen-bond acceptors (Lipinski definition) is 1. The molecule has 3 rings (SSSR count). The SMILES string of the molecule is O=C(CCn1ccc2ccccc21)Nc1cc(Cl)cc(Cl)c1. The number of nitrogens with one attached hydrogen (secondary N) is 1. The summed E-state index contributed by atoms with van der Waals surface area (Å²) in [4.78, 5) is 12.1. The summed E-state index contributed by atoms with van der Waals surface area (Å²) in [7, 11) is 0. The molecule has 1 heterocycles. The Morgan fingerprint density at radius 3 is 2.55 bits per heavy atom. The van der Waals surface area contributed by atoms with Gasteiger partial charge in [-0.2, -0.15) is 0 Å². The van der Waals surface area contributed by atoms with Gasteiger partial charge in [-0.05, 0) is 35.7 Å². The molecule has 3 nitrogen and oxygen atoms in total. The highest BCUT2D eigenvalue weighted by molar-refractivity contribution is 6.35. The number of carbonyl (C=O) groups is 1. The summed E-state index contributed by atoms with van der Waals surface area (Å²) in [5.74, 6) is -0.0730. The van der Waals surface area contributed by atoms with Crippen LogP contribution in [0.5, 0.6) is 0 Å². The maximum Gasteiger partial charge on any atom is 0.226 e. The smallest absolute Gasteiger partial charge is 0.226 e. The van der Waals surface area contributed by atoms with E-state index in [4.69, 9.17) is 23.2 Å². The monoisotopic (exact) mass is 332 g/mol. The van der Waals surface area contributed by atoms with Crippen molar-refractivity contribution in [3.8, 4) is 0 Å². The lowest BCUT2D eigenvalue weighted by atomic mass is 10.2. The summed E-state index contributed by atoms with van der Waals surface area (Å²) in [5, 5.41) is 4.98. The Bertz CT molecular complexity index is 806. The van der Waals surface area contributed by atoms with Gasteiger partial charge in [0.05, 0.1) is 0 Å². The van der Waals surface area contributed by atoms with E-state index in [9.17, 15) is 4.79 Å². The molecule has 0 bridgehead atoms. The van der Waals surface area contributed by atoms with E-state index in [0.717, 1.165) is 5.52 Å². The third-order valence-electron chi connectivity index (χ3n) is 3.41. The van der Waals surface area contributed by atoms with E-state index in [-0.39, 0.29) is 5.91 Å². The topological polar surface area (TPSA) is 34.0 Å². The van der Waals surface area contributed by atoms with Gasteiger partial charge in [0.15, 0.2) is 0 Å². The number of aryl methyl sites for hydroxylation is 1. The molecule has 0 saturated heterocycles. The predicted molar refractivity (Wildman–Crippen MR) is 91.6 cm³/mol. The first kappa shape index (κ1) is 14.9. The number of amides is 1. The lowest BCUT2D eigenvalue weighted by molar-refractivity contribution is -0.116. The van der Waals surface area contributed by atoms with Crippen LogP contribution in [0.1, 0.15) is 6.42 Å². The quantitative estimate of drug-likeness (QED) is 0.718. The van der Waals surface area contributed by atoms with Gasteiger partial charge in [-0.1, -0.05) is 41.4 Å². The van der Waals surface area contributed by atoms with E-state index >= 15 is 0 Å². The van der Waals surface area contributed by atoms with Gasteiger partial charge in [0.2, 0.25) is 5.91 Å². The Kier molecular flexibility index (Phi) is 4.36. The largest absolute Gasteiger partial charge is 0.347 e. The van der Waals surface area contributed by atoms with Gasteiger partial charge in [0.1, 0.15) is 0 Å². The van der Waals surface area contributed by atoms with Crippen molar-refractivity contribution in [3.05, 3.63) is 64.8 Å². The summed E-state index contributed by atoms with van der Waals surface area (Å²) in [6.45, 7) is 0.619. The minimum Gasteiger partial charge on any atom is -0.347 e. The van der Waals surface area contributed by atoms with Gasteiger partial charge in [-0.15, -0.1) is 0 Å². The Hall–Kier alpha value is -1.97. The fourth-order valence-corrected chi connectivity index (χ4v) is 2.93. The van der Waals surface area contributed by atoms with Crippen molar-refractivity contribution >= 4 is 45.7 Å². The molecule has 0 aliphatic rings. The molecule has 112 valence electrons. The summed E-state index contributed by atoms with van der Waals surface area (Å²) >= 11 is 11.8. The van der Waals surface area contributed by atoms with E-state index in [1.165, 1.54) is 5.39 Å². The summed E-state index contributed by atoms with van der Waals surface area (Å²) in [6, 6.07) is 15.1. The summed E-state index contributed by atoms with van der Waals surface area (Å²) < 4.78 is 2.07. The third-order valence-corrected chi connectivity index (χ3v) is 3.84. The molecule has 0 saturated carbocycles. The van der Waals surface area contributed by atoms with Gasteiger partial charge >= 0.3 is 0 Å². The zero-order valence-electron chi connectivity index (χ0n) is 11.7. The fourth-order valence-electron chi connectivity index (χ4n) is 2.41. The number of fused-ring (bicyclic) bond motifs is 1. The first-order valence-corrected chi connectivity index (χ1v) is 7.67. The van der Waals surface area contributed by atoms with Gasteiger partial charge in [-0.3, -0.25) is 4.79 Å². The maximum absolute atomic E-state index is 12.1. The van der Waals surface area contributed by atoms with Gasteiger partial charge in [0.25, 0.3) is 0 Å². The molecule has 1 amide bonds. The average Bonchev–Trinajstić information content (AvgIpc) is 2.87. The van der Waals surface area contributed by atoms with Crippen LogP contribution in [0.15, 0.2) is 54.7 Å². The molecule has 0 unspecified atom stereocenters. The molecule has 22 heavy (non-hydrogen) atoms. The number of aromatic nitrogens is 1. The highest BCUT2D eigenvalue weighted by Crippen LogP contribution is 2.22. The second-order valence-corrected chi connectivity index (χ2v) is 5.90. The molecule has 0 aliphatic heterocycles. The van der Waals surface area contributed by atoms with E-state index in [1.54, 1.807) is 18.2 Å². The van der Waals surface area contributed by atoms with Crippen molar-refractivity contribution in [1.29, 1.82) is 0 Å². The van der Waals surface area contributed by atoms with Crippen LogP contribution in [-0.2, 0) is 11.3 Å². The molecule has 0 fully saturated rings. The number of para-hydroxylation sites is 1.